The van der Waals surface area contributed by atoms with E-state index in [0.717, 1.165) is 23.4 Å². The maximum atomic E-state index is 13.6. The van der Waals surface area contributed by atoms with Crippen molar-refractivity contribution in [2.45, 2.75) is 20.0 Å². The summed E-state index contributed by atoms with van der Waals surface area (Å²) in [6.45, 7) is 3.10. The standard InChI is InChI=1S/C18H17FN2O/c1-13-16(5-2-6-17(13)19)18-8-7-15(22-18)12-21-11-14-4-3-9-20-10-14/h2-10,21H,11-12H2,1H3. The van der Waals surface area contributed by atoms with Crippen LogP contribution in [0.15, 0.2) is 59.3 Å². The highest BCUT2D eigenvalue weighted by Gasteiger charge is 2.10. The highest BCUT2D eigenvalue weighted by atomic mass is 19.1. The smallest absolute Gasteiger partial charge is 0.134 e. The van der Waals surface area contributed by atoms with Crippen LogP contribution in [0, 0.1) is 12.7 Å². The first-order chi connectivity index (χ1) is 10.7. The number of aromatic nitrogens is 1. The van der Waals surface area contributed by atoms with Gasteiger partial charge in [0.15, 0.2) is 0 Å². The fourth-order valence-electron chi connectivity index (χ4n) is 2.32. The second kappa shape index (κ2) is 6.54. The summed E-state index contributed by atoms with van der Waals surface area (Å²) in [5.41, 5.74) is 2.51. The Balaban J connectivity index is 1.65. The van der Waals surface area contributed by atoms with Gasteiger partial charge in [0.1, 0.15) is 17.3 Å². The van der Waals surface area contributed by atoms with E-state index in [0.29, 0.717) is 17.9 Å². The molecule has 3 aromatic rings. The Labute approximate surface area is 128 Å². The van der Waals surface area contributed by atoms with Crippen molar-refractivity contribution in [2.75, 3.05) is 0 Å². The highest BCUT2D eigenvalue weighted by molar-refractivity contribution is 5.62. The zero-order valence-corrected chi connectivity index (χ0v) is 12.3. The number of rotatable bonds is 5. The van der Waals surface area contributed by atoms with Crippen molar-refractivity contribution in [2.24, 2.45) is 0 Å². The zero-order valence-electron chi connectivity index (χ0n) is 12.3. The van der Waals surface area contributed by atoms with Gasteiger partial charge in [-0.1, -0.05) is 18.2 Å². The summed E-state index contributed by atoms with van der Waals surface area (Å²) in [7, 11) is 0. The normalized spacial score (nSPS) is 10.8. The number of benzene rings is 1. The molecule has 0 spiro atoms. The summed E-state index contributed by atoms with van der Waals surface area (Å²) in [5.74, 6) is 1.29. The first kappa shape index (κ1) is 14.5. The van der Waals surface area contributed by atoms with Crippen LogP contribution in [0.1, 0.15) is 16.9 Å². The molecule has 112 valence electrons. The summed E-state index contributed by atoms with van der Waals surface area (Å²) in [6, 6.07) is 12.7. The fourth-order valence-corrected chi connectivity index (χ4v) is 2.32. The molecule has 0 unspecified atom stereocenters. The lowest BCUT2D eigenvalue weighted by atomic mass is 10.1. The van der Waals surface area contributed by atoms with Crippen LogP contribution in [0.2, 0.25) is 0 Å². The van der Waals surface area contributed by atoms with E-state index < -0.39 is 0 Å². The van der Waals surface area contributed by atoms with Gasteiger partial charge in [-0.25, -0.2) is 4.39 Å². The molecular formula is C18H17FN2O. The average Bonchev–Trinajstić information content (AvgIpc) is 3.00. The van der Waals surface area contributed by atoms with Crippen LogP contribution in [0.25, 0.3) is 11.3 Å². The van der Waals surface area contributed by atoms with Crippen LogP contribution in [0.3, 0.4) is 0 Å². The second-order valence-electron chi connectivity index (χ2n) is 5.14. The molecule has 0 aliphatic heterocycles. The number of hydrogen-bond donors (Lipinski definition) is 1. The van der Waals surface area contributed by atoms with Gasteiger partial charge in [-0.3, -0.25) is 4.98 Å². The first-order valence-electron chi connectivity index (χ1n) is 7.18. The van der Waals surface area contributed by atoms with Crippen molar-refractivity contribution in [3.05, 3.63) is 77.6 Å². The van der Waals surface area contributed by atoms with Gasteiger partial charge < -0.3 is 9.73 Å². The predicted octanol–water partition coefficient (Wildman–Crippen LogP) is 4.08. The summed E-state index contributed by atoms with van der Waals surface area (Å²) >= 11 is 0. The van der Waals surface area contributed by atoms with Gasteiger partial charge in [-0.05, 0) is 42.3 Å². The van der Waals surface area contributed by atoms with Crippen LogP contribution in [0.4, 0.5) is 4.39 Å². The Morgan fingerprint density at radius 2 is 2.00 bits per heavy atom. The molecule has 0 fully saturated rings. The van der Waals surface area contributed by atoms with Gasteiger partial charge in [-0.2, -0.15) is 0 Å². The minimum atomic E-state index is -0.217. The number of pyridine rings is 1. The molecule has 0 atom stereocenters. The molecule has 1 aromatic carbocycles. The summed E-state index contributed by atoms with van der Waals surface area (Å²) < 4.78 is 19.4. The monoisotopic (exact) mass is 296 g/mol. The number of hydrogen-bond acceptors (Lipinski definition) is 3. The molecule has 0 radical (unpaired) electrons. The minimum absolute atomic E-state index is 0.217. The summed E-state index contributed by atoms with van der Waals surface area (Å²) in [4.78, 5) is 4.07. The molecule has 3 rings (SSSR count). The molecule has 0 saturated carbocycles. The largest absolute Gasteiger partial charge is 0.460 e. The number of halogens is 1. The van der Waals surface area contributed by atoms with Crippen molar-refractivity contribution < 1.29 is 8.81 Å². The molecule has 3 nitrogen and oxygen atoms in total. The van der Waals surface area contributed by atoms with Gasteiger partial charge in [0.25, 0.3) is 0 Å². The van der Waals surface area contributed by atoms with Gasteiger partial charge in [0.2, 0.25) is 0 Å². The average molecular weight is 296 g/mol. The van der Waals surface area contributed by atoms with Crippen LogP contribution in [-0.4, -0.2) is 4.98 Å². The van der Waals surface area contributed by atoms with Gasteiger partial charge in [0.05, 0.1) is 6.54 Å². The Morgan fingerprint density at radius 1 is 1.09 bits per heavy atom. The van der Waals surface area contributed by atoms with E-state index in [1.165, 1.54) is 6.07 Å². The molecule has 0 bridgehead atoms. The Hall–Kier alpha value is -2.46. The Bertz CT molecular complexity index is 753. The van der Waals surface area contributed by atoms with E-state index in [4.69, 9.17) is 4.42 Å². The number of nitrogens with one attached hydrogen (secondary N) is 1. The quantitative estimate of drug-likeness (QED) is 0.771. The maximum Gasteiger partial charge on any atom is 0.134 e. The summed E-state index contributed by atoms with van der Waals surface area (Å²) in [6.07, 6.45) is 3.58. The van der Waals surface area contributed by atoms with Crippen LogP contribution in [0.5, 0.6) is 0 Å². The van der Waals surface area contributed by atoms with Crippen molar-refractivity contribution in [3.8, 4) is 11.3 Å². The molecule has 0 saturated heterocycles. The maximum absolute atomic E-state index is 13.6. The second-order valence-corrected chi connectivity index (χ2v) is 5.14. The van der Waals surface area contributed by atoms with Gasteiger partial charge >= 0.3 is 0 Å². The van der Waals surface area contributed by atoms with Crippen molar-refractivity contribution in [3.63, 3.8) is 0 Å². The van der Waals surface area contributed by atoms with Gasteiger partial charge in [-0.15, -0.1) is 0 Å². The van der Waals surface area contributed by atoms with Crippen LogP contribution in [-0.2, 0) is 13.1 Å². The molecule has 2 aromatic heterocycles. The molecule has 0 aliphatic carbocycles. The van der Waals surface area contributed by atoms with Crippen LogP contribution < -0.4 is 5.32 Å². The highest BCUT2D eigenvalue weighted by Crippen LogP contribution is 2.26. The third-order valence-electron chi connectivity index (χ3n) is 3.55. The van der Waals surface area contributed by atoms with Gasteiger partial charge in [0, 0.05) is 24.5 Å². The molecule has 0 amide bonds. The molecule has 1 N–H and O–H groups in total. The van der Waals surface area contributed by atoms with E-state index in [9.17, 15) is 4.39 Å². The Kier molecular flexibility index (Phi) is 4.30. The van der Waals surface area contributed by atoms with E-state index in [1.807, 2.05) is 36.5 Å². The Morgan fingerprint density at radius 3 is 2.82 bits per heavy atom. The van der Waals surface area contributed by atoms with E-state index >= 15 is 0 Å². The van der Waals surface area contributed by atoms with Crippen molar-refractivity contribution >= 4 is 0 Å². The third kappa shape index (κ3) is 3.23. The molecular weight excluding hydrogens is 279 g/mol. The topological polar surface area (TPSA) is 38.1 Å². The van der Waals surface area contributed by atoms with Crippen molar-refractivity contribution in [1.82, 2.24) is 10.3 Å². The van der Waals surface area contributed by atoms with Crippen molar-refractivity contribution in [1.29, 1.82) is 0 Å². The molecule has 4 heteroatoms. The SMILES string of the molecule is Cc1c(F)cccc1-c1ccc(CNCc2cccnc2)o1. The third-order valence-corrected chi connectivity index (χ3v) is 3.55. The molecule has 0 aliphatic rings. The zero-order chi connectivity index (χ0) is 15.4. The number of furan rings is 1. The lowest BCUT2D eigenvalue weighted by Crippen LogP contribution is -2.12. The van der Waals surface area contributed by atoms with E-state index in [2.05, 4.69) is 10.3 Å². The molecule has 22 heavy (non-hydrogen) atoms. The van der Waals surface area contributed by atoms with Crippen LogP contribution >= 0.6 is 0 Å². The van der Waals surface area contributed by atoms with E-state index in [1.54, 1.807) is 19.2 Å². The summed E-state index contributed by atoms with van der Waals surface area (Å²) in [5, 5.41) is 3.30. The lowest BCUT2D eigenvalue weighted by molar-refractivity contribution is 0.492. The van der Waals surface area contributed by atoms with E-state index in [-0.39, 0.29) is 5.82 Å². The molecule has 2 heterocycles. The first-order valence-corrected chi connectivity index (χ1v) is 7.18. The predicted molar refractivity (Wildman–Crippen MR) is 83.6 cm³/mol. The number of nitrogens with zero attached hydrogens (tertiary/aromatic N) is 1. The fraction of sp³-hybridized carbons (Fsp3) is 0.167. The lowest BCUT2D eigenvalue weighted by Gasteiger charge is -2.04. The minimum Gasteiger partial charge on any atom is -0.460 e.